The molecule has 152 valence electrons. The molecule has 0 aliphatic carbocycles. The first-order valence-corrected chi connectivity index (χ1v) is 9.74. The van der Waals surface area contributed by atoms with Gasteiger partial charge < -0.3 is 15.0 Å². The topological polar surface area (TPSA) is 75.7 Å². The van der Waals surface area contributed by atoms with Crippen LogP contribution in [-0.2, 0) is 19.1 Å². The Bertz CT molecular complexity index is 910. The van der Waals surface area contributed by atoms with E-state index >= 15 is 0 Å². The van der Waals surface area contributed by atoms with E-state index < -0.39 is 11.9 Å². The highest BCUT2D eigenvalue weighted by molar-refractivity contribution is 6.00. The van der Waals surface area contributed by atoms with Gasteiger partial charge in [0.25, 0.3) is 5.91 Å². The number of rotatable bonds is 6. The van der Waals surface area contributed by atoms with Crippen LogP contribution < -0.4 is 10.2 Å². The molecule has 0 bridgehead atoms. The third kappa shape index (κ3) is 4.83. The van der Waals surface area contributed by atoms with Crippen molar-refractivity contribution in [1.82, 2.24) is 5.32 Å². The van der Waals surface area contributed by atoms with Crippen molar-refractivity contribution in [3.05, 3.63) is 65.2 Å². The fourth-order valence-corrected chi connectivity index (χ4v) is 3.49. The Morgan fingerprint density at radius 1 is 1.14 bits per heavy atom. The van der Waals surface area contributed by atoms with Crippen LogP contribution in [-0.4, -0.2) is 30.9 Å². The van der Waals surface area contributed by atoms with E-state index in [4.69, 9.17) is 4.74 Å². The molecule has 3 rings (SSSR count). The molecule has 1 fully saturated rings. The third-order valence-corrected chi connectivity index (χ3v) is 5.35. The maximum absolute atomic E-state index is 12.4. The second-order valence-electron chi connectivity index (χ2n) is 7.43. The summed E-state index contributed by atoms with van der Waals surface area (Å²) >= 11 is 0. The number of amides is 2. The molecule has 0 aromatic heterocycles. The van der Waals surface area contributed by atoms with Gasteiger partial charge >= 0.3 is 5.97 Å². The van der Waals surface area contributed by atoms with Crippen LogP contribution in [0.1, 0.15) is 36.1 Å². The molecule has 1 aliphatic heterocycles. The standard InChI is InChI=1S/C23H26N2O4/c1-15-8-7-11-20(16(15)2)25-13-19(12-22(25)27)23(28)29-14-21(26)24-17(3)18-9-5-4-6-10-18/h4-11,17,19H,12-14H2,1-3H3,(H,24,26)/t17-,19+/m1/s1. The fourth-order valence-electron chi connectivity index (χ4n) is 3.49. The Hall–Kier alpha value is -3.15. The highest BCUT2D eigenvalue weighted by atomic mass is 16.5. The summed E-state index contributed by atoms with van der Waals surface area (Å²) in [6, 6.07) is 15.1. The van der Waals surface area contributed by atoms with Gasteiger partial charge in [-0.3, -0.25) is 14.4 Å². The van der Waals surface area contributed by atoms with E-state index in [0.717, 1.165) is 22.4 Å². The summed E-state index contributed by atoms with van der Waals surface area (Å²) in [5.74, 6) is -1.57. The van der Waals surface area contributed by atoms with E-state index in [0.29, 0.717) is 0 Å². The highest BCUT2D eigenvalue weighted by Gasteiger charge is 2.37. The van der Waals surface area contributed by atoms with E-state index in [9.17, 15) is 14.4 Å². The Balaban J connectivity index is 1.53. The Kier molecular flexibility index (Phi) is 6.32. The number of nitrogens with zero attached hydrogens (tertiary/aromatic N) is 1. The second-order valence-corrected chi connectivity index (χ2v) is 7.43. The molecule has 0 spiro atoms. The van der Waals surface area contributed by atoms with Gasteiger partial charge in [-0.15, -0.1) is 0 Å². The molecule has 0 radical (unpaired) electrons. The second kappa shape index (κ2) is 8.90. The first-order chi connectivity index (χ1) is 13.9. The van der Waals surface area contributed by atoms with Gasteiger partial charge in [-0.2, -0.15) is 0 Å². The molecule has 1 N–H and O–H groups in total. The normalized spacial score (nSPS) is 17.1. The van der Waals surface area contributed by atoms with Crippen molar-refractivity contribution in [3.63, 3.8) is 0 Å². The van der Waals surface area contributed by atoms with Crippen LogP contribution in [0, 0.1) is 19.8 Å². The van der Waals surface area contributed by atoms with E-state index in [1.807, 2.05) is 69.3 Å². The van der Waals surface area contributed by atoms with Gasteiger partial charge in [-0.25, -0.2) is 0 Å². The molecule has 0 saturated carbocycles. The molecular weight excluding hydrogens is 368 g/mol. The molecule has 2 atom stereocenters. The minimum Gasteiger partial charge on any atom is -0.455 e. The molecule has 1 heterocycles. The number of hydrogen-bond donors (Lipinski definition) is 1. The zero-order valence-corrected chi connectivity index (χ0v) is 17.0. The molecule has 6 nitrogen and oxygen atoms in total. The summed E-state index contributed by atoms with van der Waals surface area (Å²) in [5.41, 5.74) is 3.90. The largest absolute Gasteiger partial charge is 0.455 e. The van der Waals surface area contributed by atoms with Gasteiger partial charge in [0, 0.05) is 18.7 Å². The predicted octanol–water partition coefficient (Wildman–Crippen LogP) is 3.08. The van der Waals surface area contributed by atoms with E-state index in [-0.39, 0.29) is 37.4 Å². The zero-order valence-electron chi connectivity index (χ0n) is 17.0. The van der Waals surface area contributed by atoms with Crippen molar-refractivity contribution in [1.29, 1.82) is 0 Å². The van der Waals surface area contributed by atoms with Gasteiger partial charge in [-0.1, -0.05) is 42.5 Å². The average molecular weight is 394 g/mol. The summed E-state index contributed by atoms with van der Waals surface area (Å²) in [4.78, 5) is 38.6. The molecule has 0 unspecified atom stereocenters. The van der Waals surface area contributed by atoms with Crippen LogP contribution in [0.25, 0.3) is 0 Å². The summed E-state index contributed by atoms with van der Waals surface area (Å²) in [6.45, 7) is 5.73. The lowest BCUT2D eigenvalue weighted by Crippen LogP contribution is -2.33. The number of ether oxygens (including phenoxy) is 1. The van der Waals surface area contributed by atoms with Gasteiger partial charge in [0.15, 0.2) is 6.61 Å². The minimum absolute atomic E-state index is 0.0915. The van der Waals surface area contributed by atoms with Gasteiger partial charge in [-0.05, 0) is 43.5 Å². The number of anilines is 1. The number of carbonyl (C=O) groups is 3. The van der Waals surface area contributed by atoms with E-state index in [1.165, 1.54) is 0 Å². The van der Waals surface area contributed by atoms with Gasteiger partial charge in [0.05, 0.1) is 12.0 Å². The molecule has 29 heavy (non-hydrogen) atoms. The van der Waals surface area contributed by atoms with Crippen molar-refractivity contribution in [2.75, 3.05) is 18.1 Å². The fraction of sp³-hybridized carbons (Fsp3) is 0.348. The Labute approximate surface area is 170 Å². The lowest BCUT2D eigenvalue weighted by molar-refractivity contribution is -0.152. The SMILES string of the molecule is Cc1cccc(N2C[C@@H](C(=O)OCC(=O)N[C@H](C)c3ccccc3)CC2=O)c1C. The number of esters is 1. The number of benzene rings is 2. The molecule has 6 heteroatoms. The number of nitrogens with one attached hydrogen (secondary N) is 1. The smallest absolute Gasteiger partial charge is 0.311 e. The van der Waals surface area contributed by atoms with Crippen LogP contribution in [0.5, 0.6) is 0 Å². The van der Waals surface area contributed by atoms with Crippen LogP contribution in [0.3, 0.4) is 0 Å². The lowest BCUT2D eigenvalue weighted by Gasteiger charge is -2.20. The third-order valence-electron chi connectivity index (χ3n) is 5.35. The zero-order chi connectivity index (χ0) is 21.0. The van der Waals surface area contributed by atoms with Crippen molar-refractivity contribution in [2.45, 2.75) is 33.2 Å². The van der Waals surface area contributed by atoms with Crippen molar-refractivity contribution < 1.29 is 19.1 Å². The molecule has 2 amide bonds. The number of carbonyl (C=O) groups excluding carboxylic acids is 3. The minimum atomic E-state index is -0.568. The first kappa shape index (κ1) is 20.6. The molecular formula is C23H26N2O4. The van der Waals surface area contributed by atoms with Crippen molar-refractivity contribution in [3.8, 4) is 0 Å². The average Bonchev–Trinajstić information content (AvgIpc) is 3.10. The van der Waals surface area contributed by atoms with Crippen LogP contribution in [0.2, 0.25) is 0 Å². The maximum Gasteiger partial charge on any atom is 0.311 e. The van der Waals surface area contributed by atoms with E-state index in [2.05, 4.69) is 5.32 Å². The van der Waals surface area contributed by atoms with Gasteiger partial charge in [0.1, 0.15) is 0 Å². The molecule has 1 saturated heterocycles. The van der Waals surface area contributed by atoms with Crippen LogP contribution in [0.15, 0.2) is 48.5 Å². The van der Waals surface area contributed by atoms with E-state index in [1.54, 1.807) is 4.90 Å². The molecule has 2 aromatic rings. The Morgan fingerprint density at radius 3 is 2.59 bits per heavy atom. The van der Waals surface area contributed by atoms with Crippen molar-refractivity contribution in [2.24, 2.45) is 5.92 Å². The first-order valence-electron chi connectivity index (χ1n) is 9.74. The summed E-state index contributed by atoms with van der Waals surface area (Å²) < 4.78 is 5.18. The highest BCUT2D eigenvalue weighted by Crippen LogP contribution is 2.29. The quantitative estimate of drug-likeness (QED) is 0.764. The summed E-state index contributed by atoms with van der Waals surface area (Å²) in [6.07, 6.45) is 0.0915. The number of aryl methyl sites for hydroxylation is 1. The molecule has 2 aromatic carbocycles. The summed E-state index contributed by atoms with van der Waals surface area (Å²) in [5, 5.41) is 2.81. The predicted molar refractivity (Wildman–Crippen MR) is 110 cm³/mol. The molecule has 1 aliphatic rings. The monoisotopic (exact) mass is 394 g/mol. The lowest BCUT2D eigenvalue weighted by atomic mass is 10.1. The van der Waals surface area contributed by atoms with Crippen LogP contribution >= 0.6 is 0 Å². The maximum atomic E-state index is 12.4. The van der Waals surface area contributed by atoms with Gasteiger partial charge in [0.2, 0.25) is 5.91 Å². The van der Waals surface area contributed by atoms with Crippen LogP contribution in [0.4, 0.5) is 5.69 Å². The number of hydrogen-bond acceptors (Lipinski definition) is 4. The Morgan fingerprint density at radius 2 is 1.86 bits per heavy atom. The summed E-state index contributed by atoms with van der Waals surface area (Å²) in [7, 11) is 0. The van der Waals surface area contributed by atoms with Crippen molar-refractivity contribution >= 4 is 23.5 Å².